The zero-order chi connectivity index (χ0) is 30.5. The number of carboxylic acids is 1. The second-order valence-electron chi connectivity index (χ2n) is 8.36. The van der Waals surface area contributed by atoms with Gasteiger partial charge in [-0.3, -0.25) is 9.79 Å². The van der Waals surface area contributed by atoms with Crippen LogP contribution >= 0.6 is 22.6 Å². The number of carboxylic acid groups (broad SMARTS) is 1. The zero-order valence-electron chi connectivity index (χ0n) is 25.5. The highest BCUT2D eigenvalue weighted by atomic mass is 127. The number of methoxy groups -OCH3 is 1. The Kier molecular flexibility index (Phi) is 32.6. The van der Waals surface area contributed by atoms with Gasteiger partial charge in [0, 0.05) is 37.6 Å². The van der Waals surface area contributed by atoms with Crippen LogP contribution in [0, 0.1) is 0 Å². The Balaban J connectivity index is -0.00000100. The molecule has 2 atom stereocenters. The van der Waals surface area contributed by atoms with Gasteiger partial charge in [-0.2, -0.15) is 0 Å². The Hall–Kier alpha value is -1.95. The van der Waals surface area contributed by atoms with E-state index in [-0.39, 0.29) is 6.79 Å². The summed E-state index contributed by atoms with van der Waals surface area (Å²) in [6.07, 6.45) is 13.4. The number of nitrogens with zero attached hydrogens (tertiary/aromatic N) is 1. The van der Waals surface area contributed by atoms with E-state index in [1.54, 1.807) is 6.92 Å². The van der Waals surface area contributed by atoms with Crippen molar-refractivity contribution in [1.29, 1.82) is 0 Å². The third-order valence-electron chi connectivity index (χ3n) is 5.38. The zero-order valence-corrected chi connectivity index (χ0v) is 27.6. The average Bonchev–Trinajstić information content (AvgIpc) is 2.92. The molecule has 9 nitrogen and oxygen atoms in total. The smallest absolute Gasteiger partial charge is 0.409 e. The number of aliphatic imine (C=N–C) groups is 1. The fourth-order valence-corrected chi connectivity index (χ4v) is 3.13. The van der Waals surface area contributed by atoms with Crippen LogP contribution in [0.2, 0.25) is 0 Å². The predicted molar refractivity (Wildman–Crippen MR) is 170 cm³/mol. The van der Waals surface area contributed by atoms with E-state index >= 15 is 0 Å². The number of alkyl halides is 1. The first-order valence-corrected chi connectivity index (χ1v) is 16.1. The van der Waals surface area contributed by atoms with Gasteiger partial charge >= 0.3 is 12.1 Å². The Morgan fingerprint density at radius 2 is 1.74 bits per heavy atom. The van der Waals surface area contributed by atoms with Crippen LogP contribution in [0.3, 0.4) is 0 Å². The Morgan fingerprint density at radius 1 is 1.10 bits per heavy atom. The molecule has 3 N–H and O–H groups in total. The summed E-state index contributed by atoms with van der Waals surface area (Å²) in [6, 6.07) is -1.24. The molecule has 0 spiro atoms. The minimum atomic E-state index is -0.953. The maximum absolute atomic E-state index is 12.2. The molecule has 39 heavy (non-hydrogen) atoms. The lowest BCUT2D eigenvalue weighted by Gasteiger charge is -2.31. The quantitative estimate of drug-likeness (QED) is 0.0397. The Labute approximate surface area is 250 Å². The number of amides is 1. The van der Waals surface area contributed by atoms with Gasteiger partial charge in [-0.05, 0) is 56.5 Å². The first-order valence-electron chi connectivity index (χ1n) is 14.0. The number of carbonyl (C=O) groups excluding carboxylic acids is 2. The number of carbonyl (C=O) groups is 3. The molecular formula is C29H54IN3O6. The van der Waals surface area contributed by atoms with Gasteiger partial charge in [0.2, 0.25) is 0 Å². The van der Waals surface area contributed by atoms with Gasteiger partial charge in [0.15, 0.2) is 6.79 Å². The van der Waals surface area contributed by atoms with E-state index in [9.17, 15) is 19.5 Å². The number of hydrogen-bond donors (Lipinski definition) is 3. The second kappa shape index (κ2) is 30.6. The molecule has 0 aromatic heterocycles. The highest BCUT2D eigenvalue weighted by Crippen LogP contribution is 2.31. The summed E-state index contributed by atoms with van der Waals surface area (Å²) < 4.78 is 9.75. The molecule has 0 saturated heterocycles. The summed E-state index contributed by atoms with van der Waals surface area (Å²) >= 11 is 2.15. The van der Waals surface area contributed by atoms with Crippen molar-refractivity contribution in [2.75, 3.05) is 18.8 Å². The minimum absolute atomic E-state index is 0.158. The molecule has 0 bridgehead atoms. The van der Waals surface area contributed by atoms with Crippen molar-refractivity contribution in [3.8, 4) is 0 Å². The second-order valence-corrected chi connectivity index (χ2v) is 8.36. The first-order chi connectivity index (χ1) is 18.8. The highest BCUT2D eigenvalue weighted by Gasteiger charge is 2.27. The lowest BCUT2D eigenvalue weighted by molar-refractivity contribution is -0.138. The summed E-state index contributed by atoms with van der Waals surface area (Å²) in [5.41, 5.74) is 2.67. The maximum atomic E-state index is 12.2. The fourth-order valence-electron chi connectivity index (χ4n) is 3.13. The lowest BCUT2D eigenvalue weighted by Crippen LogP contribution is -2.46. The molecular weight excluding hydrogens is 613 g/mol. The number of aldehydes is 1. The van der Waals surface area contributed by atoms with Gasteiger partial charge in [0.05, 0.1) is 6.04 Å². The van der Waals surface area contributed by atoms with Crippen molar-refractivity contribution in [3.05, 3.63) is 23.0 Å². The van der Waals surface area contributed by atoms with E-state index in [0.717, 1.165) is 68.2 Å². The number of halogens is 1. The molecule has 1 saturated carbocycles. The van der Waals surface area contributed by atoms with E-state index in [0.29, 0.717) is 6.42 Å². The van der Waals surface area contributed by atoms with Crippen LogP contribution in [0.15, 0.2) is 28.0 Å². The van der Waals surface area contributed by atoms with E-state index < -0.39 is 24.1 Å². The maximum Gasteiger partial charge on any atom is 0.409 e. The number of alkyl carbamates (subject to hydrolysis) is 1. The average molecular weight is 668 g/mol. The van der Waals surface area contributed by atoms with E-state index in [4.69, 9.17) is 9.47 Å². The minimum Gasteiger partial charge on any atom is -0.480 e. The van der Waals surface area contributed by atoms with Crippen LogP contribution in [0.5, 0.6) is 0 Å². The van der Waals surface area contributed by atoms with Crippen LogP contribution in [-0.4, -0.2) is 60.6 Å². The molecule has 0 aromatic rings. The molecule has 1 amide bonds. The molecule has 0 radical (unpaired) electrons. The summed E-state index contributed by atoms with van der Waals surface area (Å²) in [5.74, 6) is -0.953. The molecule has 0 heterocycles. The van der Waals surface area contributed by atoms with Crippen molar-refractivity contribution in [1.82, 2.24) is 10.6 Å². The standard InChI is InChI=1S/C20H33N3O5.C6H12O.C2H6.CH3I/c1-5-7-11-21-16(6-2)12-17(23-20(26)28-13-27-4)18(15-9-8-10-15)22-14(3)19(24)25;1-2-3-4-5-6-7;2*1-2/h6,11,14,17,22H,5,7-10,12-13H2,1-4H3,(H,23,26)(H,24,25);6H,2-5H2,1H3;1-2H3;1H3/b16-6-,21-11?;;;. The molecule has 1 fully saturated rings. The van der Waals surface area contributed by atoms with Crippen LogP contribution in [0.1, 0.15) is 106 Å². The lowest BCUT2D eigenvalue weighted by atomic mass is 9.87. The van der Waals surface area contributed by atoms with E-state index in [2.05, 4.69) is 52.1 Å². The van der Waals surface area contributed by atoms with Crippen LogP contribution in [0.25, 0.3) is 0 Å². The van der Waals surface area contributed by atoms with Gasteiger partial charge in [-0.15, -0.1) is 0 Å². The summed E-state index contributed by atoms with van der Waals surface area (Å²) in [4.78, 5) is 39.7. The van der Waals surface area contributed by atoms with E-state index in [1.807, 2.05) is 38.0 Å². The van der Waals surface area contributed by atoms with E-state index in [1.165, 1.54) is 20.0 Å². The third kappa shape index (κ3) is 22.6. The Morgan fingerprint density at radius 3 is 2.18 bits per heavy atom. The number of ether oxygens (including phenoxy) is 2. The Bertz CT molecular complexity index is 720. The number of aliphatic carboxylic acids is 1. The normalized spacial score (nSPS) is 13.6. The van der Waals surface area contributed by atoms with Crippen molar-refractivity contribution in [2.24, 2.45) is 4.99 Å². The summed E-state index contributed by atoms with van der Waals surface area (Å²) in [7, 11) is 1.43. The molecule has 1 rings (SSSR count). The molecule has 1 aliphatic carbocycles. The van der Waals surface area contributed by atoms with Gasteiger partial charge in [-0.25, -0.2) is 4.79 Å². The van der Waals surface area contributed by atoms with Gasteiger partial charge in [-0.1, -0.05) is 75.6 Å². The van der Waals surface area contributed by atoms with Crippen LogP contribution in [0.4, 0.5) is 4.79 Å². The van der Waals surface area contributed by atoms with Crippen LogP contribution in [-0.2, 0) is 19.1 Å². The van der Waals surface area contributed by atoms with Crippen molar-refractivity contribution in [2.45, 2.75) is 118 Å². The predicted octanol–water partition coefficient (Wildman–Crippen LogP) is 7.19. The number of hydrogen-bond acceptors (Lipinski definition) is 7. The SMILES string of the molecule is C/C=C(/CC(NC(=O)OCOC)C(NC(C)C(=O)O)=C1CCC1)N=CCCC.CC.CCCCCC=O.CI. The number of nitrogens with one attached hydrogen (secondary N) is 2. The van der Waals surface area contributed by atoms with Crippen molar-refractivity contribution in [3.63, 3.8) is 0 Å². The molecule has 0 aromatic carbocycles. The third-order valence-corrected chi connectivity index (χ3v) is 5.38. The van der Waals surface area contributed by atoms with Gasteiger partial charge in [0.1, 0.15) is 12.3 Å². The number of rotatable bonds is 16. The van der Waals surface area contributed by atoms with Gasteiger partial charge in [0.25, 0.3) is 0 Å². The first kappa shape index (κ1) is 41.5. The molecule has 228 valence electrons. The monoisotopic (exact) mass is 667 g/mol. The largest absolute Gasteiger partial charge is 0.480 e. The van der Waals surface area contributed by atoms with Gasteiger partial charge < -0.3 is 30.0 Å². The fraction of sp³-hybridized carbons (Fsp3) is 0.724. The molecule has 10 heteroatoms. The molecule has 0 aliphatic heterocycles. The van der Waals surface area contributed by atoms with Crippen molar-refractivity contribution >= 4 is 47.2 Å². The topological polar surface area (TPSA) is 126 Å². The molecule has 2 unspecified atom stereocenters. The highest BCUT2D eigenvalue weighted by molar-refractivity contribution is 14.1. The summed E-state index contributed by atoms with van der Waals surface area (Å²) in [5, 5.41) is 15.2. The number of allylic oxidation sites excluding steroid dienone is 2. The van der Waals surface area contributed by atoms with Crippen LogP contribution < -0.4 is 10.6 Å². The molecule has 1 aliphatic rings. The number of unbranched alkanes of at least 4 members (excludes halogenated alkanes) is 4. The van der Waals surface area contributed by atoms with Crippen molar-refractivity contribution < 1.29 is 29.0 Å². The summed E-state index contributed by atoms with van der Waals surface area (Å²) in [6.45, 7) is 11.5.